The molecule has 0 fully saturated rings. The second-order valence-corrected chi connectivity index (χ2v) is 12.2. The van der Waals surface area contributed by atoms with E-state index in [-0.39, 0.29) is 35.2 Å². The molecule has 208 valence electrons. The van der Waals surface area contributed by atoms with Crippen LogP contribution in [0.5, 0.6) is 0 Å². The number of hydrogen-bond acceptors (Lipinski definition) is 8. The summed E-state index contributed by atoms with van der Waals surface area (Å²) in [5.41, 5.74) is 3.05. The first-order valence-corrected chi connectivity index (χ1v) is 15.7. The average Bonchev–Trinajstić information content (AvgIpc) is 3.68. The maximum Gasteiger partial charge on any atom is 0.341 e. The van der Waals surface area contributed by atoms with Crippen LogP contribution in [0, 0.1) is 5.82 Å². The van der Waals surface area contributed by atoms with Crippen LogP contribution in [-0.4, -0.2) is 33.8 Å². The van der Waals surface area contributed by atoms with Gasteiger partial charge in [0.05, 0.1) is 23.4 Å². The molecule has 1 N–H and O–H groups in total. The van der Waals surface area contributed by atoms with E-state index in [1.165, 1.54) is 28.3 Å². The van der Waals surface area contributed by atoms with Gasteiger partial charge in [-0.2, -0.15) is 0 Å². The Kier molecular flexibility index (Phi) is 7.74. The number of halogens is 1. The summed E-state index contributed by atoms with van der Waals surface area (Å²) in [6.07, 6.45) is 2.87. The Hall–Kier alpha value is -3.80. The van der Waals surface area contributed by atoms with Gasteiger partial charge in [-0.15, -0.1) is 22.7 Å². The number of rotatable bonds is 8. The highest BCUT2D eigenvalue weighted by Crippen LogP contribution is 2.38. The van der Waals surface area contributed by atoms with Crippen molar-refractivity contribution in [2.45, 2.75) is 31.3 Å². The maximum absolute atomic E-state index is 13.8. The highest BCUT2D eigenvalue weighted by atomic mass is 32.2. The first-order chi connectivity index (χ1) is 19.9. The summed E-state index contributed by atoms with van der Waals surface area (Å²) in [6, 6.07) is 15.1. The Labute approximate surface area is 247 Å². The number of nitrogens with one attached hydrogen (secondary N) is 1. The molecule has 5 aromatic rings. The predicted octanol–water partition coefficient (Wildman–Crippen LogP) is 6.71. The van der Waals surface area contributed by atoms with Crippen LogP contribution >= 0.6 is 34.4 Å². The van der Waals surface area contributed by atoms with Crippen LogP contribution in [0.4, 0.5) is 9.39 Å². The SMILES string of the molecule is CCOC(=O)c1c(-c2ccc(F)cc2)csc1NC(=O)CSc1nc2sc3c(c2c(=O)n1-c1ccccc1)CCC3. The minimum absolute atomic E-state index is 0.0398. The Bertz CT molecular complexity index is 1830. The fourth-order valence-electron chi connectivity index (χ4n) is 4.92. The minimum Gasteiger partial charge on any atom is -0.462 e. The van der Waals surface area contributed by atoms with E-state index in [0.29, 0.717) is 37.2 Å². The van der Waals surface area contributed by atoms with Crippen LogP contribution in [-0.2, 0) is 22.4 Å². The number of anilines is 1. The Balaban J connectivity index is 1.30. The van der Waals surface area contributed by atoms with Crippen molar-refractivity contribution in [2.75, 3.05) is 17.7 Å². The zero-order valence-electron chi connectivity index (χ0n) is 21.9. The minimum atomic E-state index is -0.577. The summed E-state index contributed by atoms with van der Waals surface area (Å²) >= 11 is 3.91. The molecule has 0 radical (unpaired) electrons. The van der Waals surface area contributed by atoms with Gasteiger partial charge in [-0.25, -0.2) is 14.2 Å². The number of amides is 1. The van der Waals surface area contributed by atoms with Gasteiger partial charge in [-0.05, 0) is 61.6 Å². The van der Waals surface area contributed by atoms with Gasteiger partial charge in [-0.1, -0.05) is 42.1 Å². The molecule has 11 heteroatoms. The lowest BCUT2D eigenvalue weighted by Crippen LogP contribution is -2.23. The molecule has 7 nitrogen and oxygen atoms in total. The van der Waals surface area contributed by atoms with Crippen molar-refractivity contribution in [1.82, 2.24) is 9.55 Å². The average molecular weight is 606 g/mol. The number of para-hydroxylation sites is 1. The number of thiophene rings is 2. The van der Waals surface area contributed by atoms with Crippen molar-refractivity contribution >= 4 is 61.5 Å². The van der Waals surface area contributed by atoms with E-state index in [2.05, 4.69) is 5.32 Å². The van der Waals surface area contributed by atoms with Gasteiger partial charge in [0, 0.05) is 15.8 Å². The lowest BCUT2D eigenvalue weighted by Gasteiger charge is -2.13. The fourth-order valence-corrected chi connectivity index (χ4v) is 8.01. The first kappa shape index (κ1) is 27.4. The monoisotopic (exact) mass is 605 g/mol. The van der Waals surface area contributed by atoms with E-state index >= 15 is 0 Å². The number of aromatic nitrogens is 2. The molecule has 0 aliphatic heterocycles. The van der Waals surface area contributed by atoms with E-state index in [1.807, 2.05) is 30.3 Å². The third-order valence-electron chi connectivity index (χ3n) is 6.73. The van der Waals surface area contributed by atoms with Gasteiger partial charge in [0.15, 0.2) is 5.16 Å². The van der Waals surface area contributed by atoms with Crippen LogP contribution in [0.2, 0.25) is 0 Å². The second kappa shape index (κ2) is 11.6. The number of ether oxygens (including phenoxy) is 1. The van der Waals surface area contributed by atoms with Gasteiger partial charge in [-0.3, -0.25) is 14.2 Å². The van der Waals surface area contributed by atoms with Crippen molar-refractivity contribution in [3.05, 3.63) is 92.2 Å². The fraction of sp³-hybridized carbons (Fsp3) is 0.200. The predicted molar refractivity (Wildman–Crippen MR) is 162 cm³/mol. The maximum atomic E-state index is 13.8. The molecule has 0 spiro atoms. The van der Waals surface area contributed by atoms with E-state index in [0.717, 1.165) is 36.6 Å². The molecule has 0 bridgehead atoms. The molecule has 1 amide bonds. The normalized spacial score (nSPS) is 12.4. The van der Waals surface area contributed by atoms with E-state index in [1.54, 1.807) is 40.3 Å². The molecule has 0 unspecified atom stereocenters. The smallest absolute Gasteiger partial charge is 0.341 e. The van der Waals surface area contributed by atoms with Crippen LogP contribution in [0.1, 0.15) is 34.1 Å². The molecule has 0 saturated heterocycles. The van der Waals surface area contributed by atoms with Crippen LogP contribution in [0.3, 0.4) is 0 Å². The van der Waals surface area contributed by atoms with Gasteiger partial charge < -0.3 is 10.1 Å². The lowest BCUT2D eigenvalue weighted by molar-refractivity contribution is -0.113. The second-order valence-electron chi connectivity index (χ2n) is 9.33. The number of esters is 1. The Morgan fingerprint density at radius 3 is 2.66 bits per heavy atom. The number of aryl methyl sites for hydroxylation is 2. The van der Waals surface area contributed by atoms with Crippen molar-refractivity contribution in [2.24, 2.45) is 0 Å². The molecule has 6 rings (SSSR count). The highest BCUT2D eigenvalue weighted by Gasteiger charge is 2.26. The Morgan fingerprint density at radius 2 is 1.90 bits per heavy atom. The van der Waals surface area contributed by atoms with E-state index in [4.69, 9.17) is 9.72 Å². The topological polar surface area (TPSA) is 90.3 Å². The molecule has 0 atom stereocenters. The van der Waals surface area contributed by atoms with Crippen molar-refractivity contribution in [3.63, 3.8) is 0 Å². The van der Waals surface area contributed by atoms with Crippen molar-refractivity contribution in [1.29, 1.82) is 0 Å². The van der Waals surface area contributed by atoms with E-state index < -0.39 is 5.97 Å². The molecular weight excluding hydrogens is 582 g/mol. The van der Waals surface area contributed by atoms with E-state index in [9.17, 15) is 18.8 Å². The zero-order chi connectivity index (χ0) is 28.5. The summed E-state index contributed by atoms with van der Waals surface area (Å²) in [6.45, 7) is 1.87. The zero-order valence-corrected chi connectivity index (χ0v) is 24.4. The van der Waals surface area contributed by atoms with Crippen molar-refractivity contribution < 1.29 is 18.7 Å². The summed E-state index contributed by atoms with van der Waals surface area (Å²) < 4.78 is 20.3. The summed E-state index contributed by atoms with van der Waals surface area (Å²) in [5.74, 6) is -1.37. The van der Waals surface area contributed by atoms with Crippen LogP contribution in [0.15, 0.2) is 69.9 Å². The third kappa shape index (κ3) is 5.32. The highest BCUT2D eigenvalue weighted by molar-refractivity contribution is 7.99. The molecule has 2 aromatic carbocycles. The van der Waals surface area contributed by atoms with Crippen LogP contribution in [0.25, 0.3) is 27.0 Å². The number of nitrogens with zero attached hydrogens (tertiary/aromatic N) is 2. The number of carbonyl (C=O) groups excluding carboxylic acids is 2. The van der Waals surface area contributed by atoms with Gasteiger partial charge in [0.25, 0.3) is 5.56 Å². The molecular formula is C30H24FN3O4S3. The largest absolute Gasteiger partial charge is 0.462 e. The number of carbonyl (C=O) groups is 2. The molecule has 41 heavy (non-hydrogen) atoms. The van der Waals surface area contributed by atoms with Gasteiger partial charge >= 0.3 is 5.97 Å². The summed E-state index contributed by atoms with van der Waals surface area (Å²) in [7, 11) is 0. The van der Waals surface area contributed by atoms with Crippen LogP contribution < -0.4 is 10.9 Å². The summed E-state index contributed by atoms with van der Waals surface area (Å²) in [4.78, 5) is 46.6. The van der Waals surface area contributed by atoms with Gasteiger partial charge in [0.2, 0.25) is 5.91 Å². The Morgan fingerprint density at radius 1 is 1.12 bits per heavy atom. The quantitative estimate of drug-likeness (QED) is 0.120. The molecule has 1 aliphatic carbocycles. The molecule has 0 saturated carbocycles. The number of hydrogen-bond donors (Lipinski definition) is 1. The number of fused-ring (bicyclic) bond motifs is 3. The van der Waals surface area contributed by atoms with Crippen molar-refractivity contribution in [3.8, 4) is 16.8 Å². The molecule has 1 aliphatic rings. The number of thioether (sulfide) groups is 1. The molecule has 3 heterocycles. The lowest BCUT2D eigenvalue weighted by atomic mass is 10.0. The first-order valence-electron chi connectivity index (χ1n) is 13.0. The van der Waals surface area contributed by atoms with Gasteiger partial charge in [0.1, 0.15) is 21.2 Å². The standard InChI is InChI=1S/C30H24FN3O4S3/c1-2-38-29(37)25-21(17-11-13-18(31)14-12-17)15-39-26(25)32-23(35)16-40-30-33-27-24(20-9-6-10-22(20)41-27)28(36)34(30)19-7-4-3-5-8-19/h3-5,7-8,11-15H,2,6,9-10,16H2,1H3,(H,32,35). The number of benzene rings is 2. The summed E-state index contributed by atoms with van der Waals surface area (Å²) in [5, 5.41) is 6.01. The molecule has 3 aromatic heterocycles. The third-order valence-corrected chi connectivity index (χ3v) is 9.75.